The molecule has 3 aromatic carbocycles. The zero-order valence-electron chi connectivity index (χ0n) is 19.4. The van der Waals surface area contributed by atoms with E-state index in [1.165, 1.54) is 23.5 Å². The first-order valence-electron chi connectivity index (χ1n) is 11.5. The molecule has 0 spiro atoms. The van der Waals surface area contributed by atoms with Crippen LogP contribution >= 0.6 is 11.3 Å². The SMILES string of the molecule is COc1c(Cc2ncc(-c3ccc(F)cc3)s2)cc([C@@H]2O[C@H](CO)[C@@H](O)[C@H](O)[C@H]2O)c2ccccc12. The number of hydrogen-bond donors (Lipinski definition) is 4. The monoisotopic (exact) mass is 511 g/mol. The summed E-state index contributed by atoms with van der Waals surface area (Å²) in [7, 11) is 1.59. The van der Waals surface area contributed by atoms with Crippen molar-refractivity contribution in [1.82, 2.24) is 4.98 Å². The first kappa shape index (κ1) is 24.8. The van der Waals surface area contributed by atoms with Gasteiger partial charge < -0.3 is 29.9 Å². The number of fused-ring (bicyclic) bond motifs is 1. The summed E-state index contributed by atoms with van der Waals surface area (Å²) in [6.45, 7) is -0.506. The van der Waals surface area contributed by atoms with Crippen molar-refractivity contribution in [3.05, 3.63) is 82.7 Å². The van der Waals surface area contributed by atoms with Crippen LogP contribution in [0.2, 0.25) is 0 Å². The average molecular weight is 512 g/mol. The van der Waals surface area contributed by atoms with Crippen molar-refractivity contribution >= 4 is 22.1 Å². The summed E-state index contributed by atoms with van der Waals surface area (Å²) in [6, 6.07) is 15.6. The maximum atomic E-state index is 13.3. The molecule has 0 unspecified atom stereocenters. The molecule has 7 nitrogen and oxygen atoms in total. The van der Waals surface area contributed by atoms with Gasteiger partial charge >= 0.3 is 0 Å². The summed E-state index contributed by atoms with van der Waals surface area (Å²) in [5.41, 5.74) is 2.27. The van der Waals surface area contributed by atoms with E-state index in [1.807, 2.05) is 30.3 Å². The summed E-state index contributed by atoms with van der Waals surface area (Å²) in [5.74, 6) is 0.350. The first-order valence-corrected chi connectivity index (χ1v) is 12.3. The lowest BCUT2D eigenvalue weighted by atomic mass is 9.87. The molecule has 1 aliphatic rings. The maximum absolute atomic E-state index is 13.3. The molecule has 9 heteroatoms. The number of hydrogen-bond acceptors (Lipinski definition) is 8. The van der Waals surface area contributed by atoms with Crippen LogP contribution < -0.4 is 4.74 Å². The van der Waals surface area contributed by atoms with Gasteiger partial charge in [0.1, 0.15) is 42.1 Å². The van der Waals surface area contributed by atoms with Gasteiger partial charge in [-0.15, -0.1) is 11.3 Å². The van der Waals surface area contributed by atoms with Gasteiger partial charge in [-0.2, -0.15) is 0 Å². The number of aliphatic hydroxyl groups is 4. The van der Waals surface area contributed by atoms with Gasteiger partial charge in [-0.1, -0.05) is 36.4 Å². The Morgan fingerprint density at radius 1 is 1.00 bits per heavy atom. The number of aromatic nitrogens is 1. The zero-order chi connectivity index (χ0) is 25.4. The fourth-order valence-electron chi connectivity index (χ4n) is 4.71. The van der Waals surface area contributed by atoms with Gasteiger partial charge in [0, 0.05) is 23.6 Å². The number of aliphatic hydroxyl groups excluding tert-OH is 4. The van der Waals surface area contributed by atoms with Crippen molar-refractivity contribution in [2.45, 2.75) is 36.9 Å². The number of thiazole rings is 1. The first-order chi connectivity index (χ1) is 17.4. The van der Waals surface area contributed by atoms with E-state index in [4.69, 9.17) is 9.47 Å². The van der Waals surface area contributed by atoms with Gasteiger partial charge in [-0.05, 0) is 34.7 Å². The molecule has 0 radical (unpaired) electrons. The number of methoxy groups -OCH3 is 1. The lowest BCUT2D eigenvalue weighted by Gasteiger charge is -2.40. The summed E-state index contributed by atoms with van der Waals surface area (Å²) >= 11 is 1.48. The van der Waals surface area contributed by atoms with Crippen LogP contribution in [0, 0.1) is 5.82 Å². The molecule has 4 aromatic rings. The molecule has 4 N–H and O–H groups in total. The van der Waals surface area contributed by atoms with E-state index in [0.717, 1.165) is 31.8 Å². The van der Waals surface area contributed by atoms with Crippen molar-refractivity contribution in [1.29, 1.82) is 0 Å². The Bertz CT molecular complexity index is 1360. The van der Waals surface area contributed by atoms with E-state index in [0.29, 0.717) is 17.7 Å². The molecule has 0 bridgehead atoms. The summed E-state index contributed by atoms with van der Waals surface area (Å²) in [6.07, 6.45) is -4.16. The van der Waals surface area contributed by atoms with Gasteiger partial charge in [0.2, 0.25) is 0 Å². The van der Waals surface area contributed by atoms with Gasteiger partial charge in [-0.3, -0.25) is 0 Å². The van der Waals surface area contributed by atoms with E-state index in [1.54, 1.807) is 25.4 Å². The predicted molar refractivity (Wildman–Crippen MR) is 134 cm³/mol. The molecule has 5 rings (SSSR count). The highest BCUT2D eigenvalue weighted by molar-refractivity contribution is 7.15. The van der Waals surface area contributed by atoms with E-state index < -0.39 is 37.1 Å². The second kappa shape index (κ2) is 10.2. The molecule has 0 amide bonds. The van der Waals surface area contributed by atoms with Crippen LogP contribution in [-0.2, 0) is 11.2 Å². The predicted octanol–water partition coefficient (Wildman–Crippen LogP) is 3.22. The average Bonchev–Trinajstić information content (AvgIpc) is 3.36. The minimum atomic E-state index is -1.48. The molecule has 1 saturated heterocycles. The van der Waals surface area contributed by atoms with Crippen LogP contribution in [0.4, 0.5) is 4.39 Å². The van der Waals surface area contributed by atoms with Crippen LogP contribution in [0.1, 0.15) is 22.2 Å². The molecule has 5 atom stereocenters. The van der Waals surface area contributed by atoms with E-state index in [-0.39, 0.29) is 5.82 Å². The molecular weight excluding hydrogens is 485 g/mol. The molecule has 1 aliphatic heterocycles. The summed E-state index contributed by atoms with van der Waals surface area (Å²) < 4.78 is 25.0. The van der Waals surface area contributed by atoms with Crippen molar-refractivity contribution in [3.63, 3.8) is 0 Å². The molecule has 2 heterocycles. The second-order valence-corrected chi connectivity index (χ2v) is 9.87. The Balaban J connectivity index is 1.57. The Morgan fingerprint density at radius 3 is 2.42 bits per heavy atom. The molecule has 188 valence electrons. The van der Waals surface area contributed by atoms with Crippen molar-refractivity contribution < 1.29 is 34.3 Å². The summed E-state index contributed by atoms with van der Waals surface area (Å²) in [4.78, 5) is 5.45. The Labute approximate surface area is 211 Å². The third-order valence-electron chi connectivity index (χ3n) is 6.53. The van der Waals surface area contributed by atoms with Gasteiger partial charge in [0.25, 0.3) is 0 Å². The van der Waals surface area contributed by atoms with Crippen LogP contribution in [-0.4, -0.2) is 63.5 Å². The quantitative estimate of drug-likeness (QED) is 0.315. The van der Waals surface area contributed by atoms with Gasteiger partial charge in [0.05, 0.1) is 23.6 Å². The van der Waals surface area contributed by atoms with Crippen LogP contribution in [0.5, 0.6) is 5.75 Å². The molecule has 0 aliphatic carbocycles. The third kappa shape index (κ3) is 4.50. The van der Waals surface area contributed by atoms with Crippen molar-refractivity contribution in [3.8, 4) is 16.2 Å². The zero-order valence-corrected chi connectivity index (χ0v) is 20.2. The number of benzene rings is 3. The lowest BCUT2D eigenvalue weighted by molar-refractivity contribution is -0.231. The van der Waals surface area contributed by atoms with E-state index >= 15 is 0 Å². The summed E-state index contributed by atoms with van der Waals surface area (Å²) in [5, 5.41) is 43.4. The fraction of sp³-hybridized carbons (Fsp3) is 0.296. The van der Waals surface area contributed by atoms with Crippen molar-refractivity contribution in [2.75, 3.05) is 13.7 Å². The Morgan fingerprint density at radius 2 is 1.72 bits per heavy atom. The largest absolute Gasteiger partial charge is 0.496 e. The number of rotatable bonds is 6. The van der Waals surface area contributed by atoms with Crippen LogP contribution in [0.3, 0.4) is 0 Å². The topological polar surface area (TPSA) is 112 Å². The van der Waals surface area contributed by atoms with E-state index in [9.17, 15) is 24.8 Å². The highest BCUT2D eigenvalue weighted by Crippen LogP contribution is 2.41. The smallest absolute Gasteiger partial charge is 0.130 e. The standard InChI is InChI=1S/C27H26FNO6S/c1-34-26-15(11-22-29-12-21(36-22)14-6-8-16(28)9-7-14)10-19(17-4-2-3-5-18(17)26)27-25(33)24(32)23(31)20(13-30)35-27/h2-10,12,20,23-25,27,30-33H,11,13H2,1H3/t20-,23-,24+,25-,27+/m1/s1. The van der Waals surface area contributed by atoms with Crippen LogP contribution in [0.25, 0.3) is 21.2 Å². The number of ether oxygens (including phenoxy) is 2. The molecular formula is C27H26FNO6S. The Kier molecular flexibility index (Phi) is 7.03. The minimum absolute atomic E-state index is 0.301. The second-order valence-electron chi connectivity index (χ2n) is 8.76. The van der Waals surface area contributed by atoms with Gasteiger partial charge in [0.15, 0.2) is 0 Å². The highest BCUT2D eigenvalue weighted by Gasteiger charge is 2.44. The van der Waals surface area contributed by atoms with Crippen LogP contribution in [0.15, 0.2) is 60.8 Å². The molecule has 36 heavy (non-hydrogen) atoms. The number of halogens is 1. The molecule has 0 saturated carbocycles. The Hall–Kier alpha value is -2.92. The lowest BCUT2D eigenvalue weighted by Crippen LogP contribution is -2.55. The normalized spacial score (nSPS) is 24.2. The van der Waals surface area contributed by atoms with E-state index in [2.05, 4.69) is 4.98 Å². The molecule has 1 aromatic heterocycles. The minimum Gasteiger partial charge on any atom is -0.496 e. The maximum Gasteiger partial charge on any atom is 0.130 e. The highest BCUT2D eigenvalue weighted by atomic mass is 32.1. The van der Waals surface area contributed by atoms with Crippen molar-refractivity contribution in [2.24, 2.45) is 0 Å². The molecule has 1 fully saturated rings. The number of nitrogens with zero attached hydrogens (tertiary/aromatic N) is 1. The fourth-order valence-corrected chi connectivity index (χ4v) is 5.65. The van der Waals surface area contributed by atoms with Gasteiger partial charge in [-0.25, -0.2) is 9.37 Å². The third-order valence-corrected chi connectivity index (χ3v) is 7.58.